The smallest absolute Gasteiger partial charge is 0.251 e. The third kappa shape index (κ3) is 7.27. The van der Waals surface area contributed by atoms with Crippen molar-refractivity contribution in [1.82, 2.24) is 15.0 Å². The van der Waals surface area contributed by atoms with E-state index in [0.29, 0.717) is 18.2 Å². The van der Waals surface area contributed by atoms with Crippen molar-refractivity contribution < 1.29 is 27.4 Å². The Hall–Kier alpha value is -3.47. The van der Waals surface area contributed by atoms with E-state index in [4.69, 9.17) is 14.2 Å². The van der Waals surface area contributed by atoms with Gasteiger partial charge in [0.15, 0.2) is 0 Å². The highest BCUT2D eigenvalue weighted by atomic mass is 32.2. The molecule has 0 saturated carbocycles. The number of carbonyl (C=O) groups is 1. The molecule has 1 amide bonds. The molecule has 0 saturated heterocycles. The number of hydrogen-bond acceptors (Lipinski definition) is 7. The molecular formula is C24H27N3O6S. The zero-order valence-electron chi connectivity index (χ0n) is 19.0. The predicted octanol–water partition coefficient (Wildman–Crippen LogP) is 3.13. The standard InChI is InChI=1S/C24H27N3O6S/c1-3-32-20-7-9-21(10-8-20)33-23-15-18(11-12-25-23)17-26-24(28)19-5-4-6-22(16-19)34(29,30)27-13-14-31-2/h4-12,15-16,27H,3,13-14,17H2,1-2H3,(H,26,28). The van der Waals surface area contributed by atoms with E-state index in [1.807, 2.05) is 19.1 Å². The van der Waals surface area contributed by atoms with Gasteiger partial charge in [-0.2, -0.15) is 0 Å². The molecule has 34 heavy (non-hydrogen) atoms. The lowest BCUT2D eigenvalue weighted by molar-refractivity contribution is 0.0950. The topological polar surface area (TPSA) is 116 Å². The SMILES string of the molecule is CCOc1ccc(Oc2cc(CNC(=O)c3cccc(S(=O)(=O)NCCOC)c3)ccn2)cc1. The van der Waals surface area contributed by atoms with Gasteiger partial charge in [0.1, 0.15) is 11.5 Å². The van der Waals surface area contributed by atoms with Crippen molar-refractivity contribution in [3.63, 3.8) is 0 Å². The molecule has 0 aliphatic rings. The highest BCUT2D eigenvalue weighted by Gasteiger charge is 2.16. The average Bonchev–Trinajstić information content (AvgIpc) is 2.84. The normalized spacial score (nSPS) is 11.1. The Morgan fingerprint density at radius 2 is 1.79 bits per heavy atom. The van der Waals surface area contributed by atoms with Crippen LogP contribution < -0.4 is 19.5 Å². The van der Waals surface area contributed by atoms with Gasteiger partial charge >= 0.3 is 0 Å². The summed E-state index contributed by atoms with van der Waals surface area (Å²) in [5, 5.41) is 2.78. The van der Waals surface area contributed by atoms with Crippen molar-refractivity contribution in [2.24, 2.45) is 0 Å². The van der Waals surface area contributed by atoms with Gasteiger partial charge in [-0.3, -0.25) is 4.79 Å². The monoisotopic (exact) mass is 485 g/mol. The van der Waals surface area contributed by atoms with Gasteiger partial charge in [-0.25, -0.2) is 18.1 Å². The van der Waals surface area contributed by atoms with Gasteiger partial charge in [0.05, 0.1) is 18.1 Å². The van der Waals surface area contributed by atoms with Crippen molar-refractivity contribution in [3.8, 4) is 17.4 Å². The molecule has 0 atom stereocenters. The van der Waals surface area contributed by atoms with Gasteiger partial charge in [0, 0.05) is 38.0 Å². The van der Waals surface area contributed by atoms with E-state index >= 15 is 0 Å². The molecule has 3 rings (SSSR count). The lowest BCUT2D eigenvalue weighted by atomic mass is 10.2. The molecule has 0 unspecified atom stereocenters. The van der Waals surface area contributed by atoms with Gasteiger partial charge in [-0.15, -0.1) is 0 Å². The van der Waals surface area contributed by atoms with E-state index in [0.717, 1.165) is 11.3 Å². The molecule has 0 aliphatic carbocycles. The number of hydrogen-bond donors (Lipinski definition) is 2. The van der Waals surface area contributed by atoms with Crippen LogP contribution in [0.4, 0.5) is 0 Å². The zero-order valence-corrected chi connectivity index (χ0v) is 19.8. The molecule has 1 aromatic heterocycles. The summed E-state index contributed by atoms with van der Waals surface area (Å²) in [7, 11) is -2.26. The number of sulfonamides is 1. The molecule has 2 N–H and O–H groups in total. The van der Waals surface area contributed by atoms with Gasteiger partial charge < -0.3 is 19.5 Å². The Labute approximate surface area is 199 Å². The molecule has 180 valence electrons. The van der Waals surface area contributed by atoms with Crippen molar-refractivity contribution in [3.05, 3.63) is 78.0 Å². The molecule has 0 radical (unpaired) electrons. The van der Waals surface area contributed by atoms with Crippen molar-refractivity contribution in [2.45, 2.75) is 18.4 Å². The first kappa shape index (κ1) is 25.2. The number of nitrogens with zero attached hydrogens (tertiary/aromatic N) is 1. The fourth-order valence-corrected chi connectivity index (χ4v) is 4.02. The van der Waals surface area contributed by atoms with Crippen LogP contribution in [-0.4, -0.2) is 46.2 Å². The first-order valence-corrected chi connectivity index (χ1v) is 12.1. The number of pyridine rings is 1. The second-order valence-corrected chi connectivity index (χ2v) is 8.88. The molecule has 0 spiro atoms. The maximum Gasteiger partial charge on any atom is 0.251 e. The second kappa shape index (κ2) is 12.1. The van der Waals surface area contributed by atoms with Gasteiger partial charge in [0.2, 0.25) is 15.9 Å². The predicted molar refractivity (Wildman–Crippen MR) is 127 cm³/mol. The van der Waals surface area contributed by atoms with Crippen LogP contribution in [0.25, 0.3) is 0 Å². The van der Waals surface area contributed by atoms with Crippen LogP contribution in [0.1, 0.15) is 22.8 Å². The minimum atomic E-state index is -3.74. The van der Waals surface area contributed by atoms with Crippen molar-refractivity contribution in [1.29, 1.82) is 0 Å². The van der Waals surface area contributed by atoms with Gasteiger partial charge in [-0.1, -0.05) is 6.07 Å². The first-order valence-electron chi connectivity index (χ1n) is 10.6. The molecule has 10 heteroatoms. The summed E-state index contributed by atoms with van der Waals surface area (Å²) >= 11 is 0. The summed E-state index contributed by atoms with van der Waals surface area (Å²) in [6.07, 6.45) is 1.59. The van der Waals surface area contributed by atoms with Crippen LogP contribution in [0.15, 0.2) is 71.8 Å². The Kier molecular flexibility index (Phi) is 8.97. The van der Waals surface area contributed by atoms with Crippen molar-refractivity contribution in [2.75, 3.05) is 26.9 Å². The van der Waals surface area contributed by atoms with Gasteiger partial charge in [-0.05, 0) is 61.0 Å². The Bertz CT molecular complexity index is 1200. The molecule has 2 aromatic carbocycles. The second-order valence-electron chi connectivity index (χ2n) is 7.11. The molecule has 0 bridgehead atoms. The molecular weight excluding hydrogens is 458 g/mol. The quantitative estimate of drug-likeness (QED) is 0.379. The van der Waals surface area contributed by atoms with Crippen LogP contribution >= 0.6 is 0 Å². The maximum absolute atomic E-state index is 12.6. The number of ether oxygens (including phenoxy) is 3. The minimum Gasteiger partial charge on any atom is -0.494 e. The van der Waals surface area contributed by atoms with Crippen LogP contribution in [0.3, 0.4) is 0 Å². The van der Waals surface area contributed by atoms with E-state index in [-0.39, 0.29) is 30.2 Å². The zero-order chi connectivity index (χ0) is 24.4. The van der Waals surface area contributed by atoms with Gasteiger partial charge in [0.25, 0.3) is 5.91 Å². The number of amides is 1. The summed E-state index contributed by atoms with van der Waals surface area (Å²) in [6, 6.07) is 16.5. The molecule has 3 aromatic rings. The van der Waals surface area contributed by atoms with Crippen LogP contribution in [0, 0.1) is 0 Å². The van der Waals surface area contributed by atoms with Crippen LogP contribution in [0.5, 0.6) is 17.4 Å². The Balaban J connectivity index is 1.61. The number of carbonyl (C=O) groups excluding carboxylic acids is 1. The molecule has 9 nitrogen and oxygen atoms in total. The Morgan fingerprint density at radius 1 is 1.03 bits per heavy atom. The number of aromatic nitrogens is 1. The number of benzene rings is 2. The summed E-state index contributed by atoms with van der Waals surface area (Å²) in [6.45, 7) is 3.10. The first-order chi connectivity index (χ1) is 16.4. The fraction of sp³-hybridized carbons (Fsp3) is 0.250. The summed E-state index contributed by atoms with van der Waals surface area (Å²) < 4.78 is 43.2. The third-order valence-corrected chi connectivity index (χ3v) is 6.07. The lowest BCUT2D eigenvalue weighted by Gasteiger charge is -2.10. The van der Waals surface area contributed by atoms with Crippen LogP contribution in [-0.2, 0) is 21.3 Å². The fourth-order valence-electron chi connectivity index (χ4n) is 2.96. The van der Waals surface area contributed by atoms with E-state index in [1.54, 1.807) is 36.5 Å². The van der Waals surface area contributed by atoms with Crippen LogP contribution in [0.2, 0.25) is 0 Å². The molecule has 1 heterocycles. The van der Waals surface area contributed by atoms with E-state index in [2.05, 4.69) is 15.0 Å². The summed E-state index contributed by atoms with van der Waals surface area (Å²) in [5.41, 5.74) is 1.00. The summed E-state index contributed by atoms with van der Waals surface area (Å²) in [5.74, 6) is 1.34. The highest BCUT2D eigenvalue weighted by molar-refractivity contribution is 7.89. The third-order valence-electron chi connectivity index (χ3n) is 4.61. The highest BCUT2D eigenvalue weighted by Crippen LogP contribution is 2.23. The minimum absolute atomic E-state index is 0.00575. The maximum atomic E-state index is 12.6. The number of rotatable bonds is 12. The molecule has 0 fully saturated rings. The largest absolute Gasteiger partial charge is 0.494 e. The lowest BCUT2D eigenvalue weighted by Crippen LogP contribution is -2.28. The van der Waals surface area contributed by atoms with E-state index < -0.39 is 15.9 Å². The van der Waals surface area contributed by atoms with E-state index in [9.17, 15) is 13.2 Å². The number of methoxy groups -OCH3 is 1. The average molecular weight is 486 g/mol. The van der Waals surface area contributed by atoms with E-state index in [1.165, 1.54) is 25.3 Å². The summed E-state index contributed by atoms with van der Waals surface area (Å²) in [4.78, 5) is 16.8. The molecule has 0 aliphatic heterocycles. The Morgan fingerprint density at radius 3 is 2.53 bits per heavy atom. The van der Waals surface area contributed by atoms with Crippen molar-refractivity contribution >= 4 is 15.9 Å². The number of nitrogens with one attached hydrogen (secondary N) is 2.